The average Bonchev–Trinajstić information content (AvgIpc) is 2.69. The maximum Gasteiger partial charge on any atom is 0.0962 e. The van der Waals surface area contributed by atoms with Gasteiger partial charge in [0, 0.05) is 22.3 Å². The van der Waals surface area contributed by atoms with E-state index in [1.807, 2.05) is 0 Å². The number of aliphatic hydroxyl groups excluding tert-OH is 1. The summed E-state index contributed by atoms with van der Waals surface area (Å²) in [6.07, 6.45) is 1.56. The van der Waals surface area contributed by atoms with Crippen LogP contribution in [0.4, 0.5) is 5.69 Å². The number of aliphatic hydroxyl groups is 1. The molecular formula is C11H15ClN2O. The summed E-state index contributed by atoms with van der Waals surface area (Å²) in [6.45, 7) is 0.967. The molecule has 1 aliphatic rings. The van der Waals surface area contributed by atoms with Gasteiger partial charge in [0.15, 0.2) is 0 Å². The summed E-state index contributed by atoms with van der Waals surface area (Å²) in [5, 5.41) is 14.0. The molecule has 2 rings (SSSR count). The van der Waals surface area contributed by atoms with Crippen molar-refractivity contribution in [3.05, 3.63) is 28.8 Å². The van der Waals surface area contributed by atoms with E-state index >= 15 is 0 Å². The summed E-state index contributed by atoms with van der Waals surface area (Å²) in [5.41, 5.74) is 7.14. The fourth-order valence-electron chi connectivity index (χ4n) is 2.01. The molecule has 0 aromatic heterocycles. The Morgan fingerprint density at radius 3 is 2.93 bits per heavy atom. The minimum absolute atomic E-state index is 0.119. The van der Waals surface area contributed by atoms with Gasteiger partial charge >= 0.3 is 0 Å². The lowest BCUT2D eigenvalue weighted by Crippen LogP contribution is -2.29. The van der Waals surface area contributed by atoms with Gasteiger partial charge in [-0.15, -0.1) is 0 Å². The first kappa shape index (κ1) is 10.7. The Bertz CT molecular complexity index is 350. The molecule has 1 aromatic carbocycles. The van der Waals surface area contributed by atoms with Crippen molar-refractivity contribution < 1.29 is 5.11 Å². The van der Waals surface area contributed by atoms with Crippen LogP contribution in [-0.2, 0) is 0 Å². The van der Waals surface area contributed by atoms with Crippen molar-refractivity contribution in [1.82, 2.24) is 5.32 Å². The summed E-state index contributed by atoms with van der Waals surface area (Å²) in [7, 11) is 0. The maximum atomic E-state index is 10.1. The topological polar surface area (TPSA) is 58.3 Å². The van der Waals surface area contributed by atoms with Crippen molar-refractivity contribution in [3.8, 4) is 0 Å². The van der Waals surface area contributed by atoms with Gasteiger partial charge in [0.1, 0.15) is 0 Å². The zero-order valence-corrected chi connectivity index (χ0v) is 9.17. The van der Waals surface area contributed by atoms with Crippen molar-refractivity contribution >= 4 is 17.3 Å². The van der Waals surface area contributed by atoms with E-state index in [2.05, 4.69) is 5.32 Å². The van der Waals surface area contributed by atoms with Crippen LogP contribution in [0.1, 0.15) is 24.5 Å². The number of rotatable bonds is 2. The monoisotopic (exact) mass is 226 g/mol. The largest absolute Gasteiger partial charge is 0.398 e. The first-order valence-corrected chi connectivity index (χ1v) is 5.52. The molecule has 4 N–H and O–H groups in total. The van der Waals surface area contributed by atoms with Crippen LogP contribution in [-0.4, -0.2) is 17.7 Å². The third-order valence-electron chi connectivity index (χ3n) is 2.85. The fourth-order valence-corrected chi connectivity index (χ4v) is 2.19. The van der Waals surface area contributed by atoms with Crippen LogP contribution < -0.4 is 11.1 Å². The quantitative estimate of drug-likeness (QED) is 0.673. The molecular weight excluding hydrogens is 212 g/mol. The molecule has 1 aliphatic heterocycles. The standard InChI is InChI=1S/C11H15ClN2O/c12-7-3-4-8(9(13)6-7)11(15)10-2-1-5-14-10/h3-4,6,10-11,14-15H,1-2,5,13H2. The molecule has 0 spiro atoms. The number of nitrogens with one attached hydrogen (secondary N) is 1. The van der Waals surface area contributed by atoms with Crippen molar-refractivity contribution in [2.75, 3.05) is 12.3 Å². The van der Waals surface area contributed by atoms with Crippen LogP contribution in [0.3, 0.4) is 0 Å². The van der Waals surface area contributed by atoms with Gasteiger partial charge in [-0.1, -0.05) is 17.7 Å². The zero-order chi connectivity index (χ0) is 10.8. The molecule has 4 heteroatoms. The van der Waals surface area contributed by atoms with Crippen LogP contribution in [0.2, 0.25) is 5.02 Å². The van der Waals surface area contributed by atoms with E-state index in [-0.39, 0.29) is 6.04 Å². The Morgan fingerprint density at radius 2 is 2.33 bits per heavy atom. The number of benzene rings is 1. The van der Waals surface area contributed by atoms with E-state index < -0.39 is 6.10 Å². The van der Waals surface area contributed by atoms with Gasteiger partial charge < -0.3 is 16.2 Å². The molecule has 1 saturated heterocycles. The normalized spacial score (nSPS) is 22.9. The Balaban J connectivity index is 2.20. The summed E-state index contributed by atoms with van der Waals surface area (Å²) >= 11 is 5.80. The summed E-state index contributed by atoms with van der Waals surface area (Å²) in [4.78, 5) is 0. The van der Waals surface area contributed by atoms with E-state index in [0.29, 0.717) is 10.7 Å². The van der Waals surface area contributed by atoms with E-state index in [4.69, 9.17) is 17.3 Å². The van der Waals surface area contributed by atoms with Crippen molar-refractivity contribution in [2.45, 2.75) is 25.0 Å². The van der Waals surface area contributed by atoms with Crippen molar-refractivity contribution in [1.29, 1.82) is 0 Å². The second kappa shape index (κ2) is 4.39. The van der Waals surface area contributed by atoms with Gasteiger partial charge in [-0.05, 0) is 31.5 Å². The van der Waals surface area contributed by atoms with Crippen LogP contribution in [0.25, 0.3) is 0 Å². The Morgan fingerprint density at radius 1 is 1.53 bits per heavy atom. The lowest BCUT2D eigenvalue weighted by atomic mass is 9.99. The van der Waals surface area contributed by atoms with Gasteiger partial charge in [-0.3, -0.25) is 0 Å². The number of nitrogen functional groups attached to an aromatic ring is 1. The van der Waals surface area contributed by atoms with E-state index in [1.54, 1.807) is 18.2 Å². The number of nitrogens with two attached hydrogens (primary N) is 1. The number of hydrogen-bond donors (Lipinski definition) is 3. The predicted molar refractivity (Wildman–Crippen MR) is 61.8 cm³/mol. The summed E-state index contributed by atoms with van der Waals surface area (Å²) in [6, 6.07) is 5.34. The highest BCUT2D eigenvalue weighted by molar-refractivity contribution is 6.30. The predicted octanol–water partition coefficient (Wildman–Crippen LogP) is 1.71. The molecule has 0 bridgehead atoms. The molecule has 82 valence electrons. The molecule has 2 atom stereocenters. The molecule has 3 nitrogen and oxygen atoms in total. The smallest absolute Gasteiger partial charge is 0.0962 e. The van der Waals surface area contributed by atoms with Gasteiger partial charge in [0.25, 0.3) is 0 Å². The first-order chi connectivity index (χ1) is 7.18. The summed E-state index contributed by atoms with van der Waals surface area (Å²) < 4.78 is 0. The molecule has 0 amide bonds. The summed E-state index contributed by atoms with van der Waals surface area (Å²) in [5.74, 6) is 0. The zero-order valence-electron chi connectivity index (χ0n) is 8.41. The van der Waals surface area contributed by atoms with Gasteiger partial charge in [-0.2, -0.15) is 0 Å². The highest BCUT2D eigenvalue weighted by Gasteiger charge is 2.25. The highest BCUT2D eigenvalue weighted by Crippen LogP contribution is 2.28. The molecule has 1 aromatic rings. The molecule has 1 fully saturated rings. The van der Waals surface area contributed by atoms with E-state index in [0.717, 1.165) is 24.9 Å². The van der Waals surface area contributed by atoms with E-state index in [9.17, 15) is 5.11 Å². The first-order valence-electron chi connectivity index (χ1n) is 5.15. The Labute approximate surface area is 94.2 Å². The van der Waals surface area contributed by atoms with Crippen LogP contribution in [0, 0.1) is 0 Å². The molecule has 0 saturated carbocycles. The van der Waals surface area contributed by atoms with Gasteiger partial charge in [0.2, 0.25) is 0 Å². The highest BCUT2D eigenvalue weighted by atomic mass is 35.5. The van der Waals surface area contributed by atoms with Crippen molar-refractivity contribution in [3.63, 3.8) is 0 Å². The maximum absolute atomic E-state index is 10.1. The minimum atomic E-state index is -0.537. The Hall–Kier alpha value is -0.770. The molecule has 0 radical (unpaired) electrons. The Kier molecular flexibility index (Phi) is 3.14. The third-order valence-corrected chi connectivity index (χ3v) is 3.08. The van der Waals surface area contributed by atoms with Crippen molar-refractivity contribution in [2.24, 2.45) is 0 Å². The second-order valence-electron chi connectivity index (χ2n) is 3.92. The van der Waals surface area contributed by atoms with Gasteiger partial charge in [0.05, 0.1) is 6.10 Å². The lowest BCUT2D eigenvalue weighted by molar-refractivity contribution is 0.138. The van der Waals surface area contributed by atoms with E-state index in [1.165, 1.54) is 0 Å². The fraction of sp³-hybridized carbons (Fsp3) is 0.455. The van der Waals surface area contributed by atoms with Crippen LogP contribution >= 0.6 is 11.6 Å². The number of hydrogen-bond acceptors (Lipinski definition) is 3. The molecule has 1 heterocycles. The SMILES string of the molecule is Nc1cc(Cl)ccc1C(O)C1CCCN1. The average molecular weight is 227 g/mol. The lowest BCUT2D eigenvalue weighted by Gasteiger charge is -2.20. The minimum Gasteiger partial charge on any atom is -0.398 e. The van der Waals surface area contributed by atoms with Crippen LogP contribution in [0.5, 0.6) is 0 Å². The molecule has 0 aliphatic carbocycles. The van der Waals surface area contributed by atoms with Gasteiger partial charge in [-0.25, -0.2) is 0 Å². The molecule has 2 unspecified atom stereocenters. The van der Waals surface area contributed by atoms with Crippen LogP contribution in [0.15, 0.2) is 18.2 Å². The number of halogens is 1. The molecule has 15 heavy (non-hydrogen) atoms. The number of anilines is 1. The third kappa shape index (κ3) is 2.25. The second-order valence-corrected chi connectivity index (χ2v) is 4.36.